The summed E-state index contributed by atoms with van der Waals surface area (Å²) in [7, 11) is -3.36. The fourth-order valence-electron chi connectivity index (χ4n) is 10.1. The lowest BCUT2D eigenvalue weighted by Crippen LogP contribution is -2.54. The number of nitrogens with one attached hydrogen (secondary N) is 4. The van der Waals surface area contributed by atoms with Gasteiger partial charge in [0.05, 0.1) is 40.0 Å². The van der Waals surface area contributed by atoms with E-state index in [9.17, 15) is 45.6 Å². The van der Waals surface area contributed by atoms with E-state index in [1.807, 2.05) is 15.6 Å². The van der Waals surface area contributed by atoms with E-state index in [1.54, 1.807) is 49.2 Å². The molecule has 2 aliphatic carbocycles. The Morgan fingerprint density at radius 2 is 1.65 bits per heavy atom. The monoisotopic (exact) mass is 1010 g/mol. The number of nitrogens with two attached hydrogens (primary N) is 1. The first-order valence-corrected chi connectivity index (χ1v) is 24.9. The molecule has 0 spiro atoms. The van der Waals surface area contributed by atoms with E-state index in [4.69, 9.17) is 20.7 Å². The summed E-state index contributed by atoms with van der Waals surface area (Å²) in [6, 6.07) is 13.4. The van der Waals surface area contributed by atoms with Gasteiger partial charge in [0, 0.05) is 66.2 Å². The predicted octanol–water partition coefficient (Wildman–Crippen LogP) is 6.22. The molecule has 5 amide bonds. The van der Waals surface area contributed by atoms with Crippen LogP contribution in [0.3, 0.4) is 0 Å². The molecule has 2 saturated carbocycles. The van der Waals surface area contributed by atoms with Gasteiger partial charge in [-0.25, -0.2) is 17.8 Å². The van der Waals surface area contributed by atoms with Crippen molar-refractivity contribution in [3.63, 3.8) is 0 Å². The van der Waals surface area contributed by atoms with Crippen LogP contribution >= 0.6 is 0 Å². The molecule has 4 aliphatic rings. The minimum atomic E-state index is -5.08. The van der Waals surface area contributed by atoms with Crippen LogP contribution in [0.1, 0.15) is 96.7 Å². The Morgan fingerprint density at radius 3 is 2.38 bits per heavy atom. The van der Waals surface area contributed by atoms with Gasteiger partial charge >= 0.3 is 5.76 Å². The molecule has 5 heterocycles. The second-order valence-corrected chi connectivity index (χ2v) is 20.2. The number of benzene rings is 3. The summed E-state index contributed by atoms with van der Waals surface area (Å²) in [6.07, 6.45) is 8.50. The number of hydrogen-bond donors (Lipinski definition) is 5. The lowest BCUT2D eigenvalue weighted by Gasteiger charge is -2.38. The predicted molar refractivity (Wildman–Crippen MR) is 256 cm³/mol. The van der Waals surface area contributed by atoms with Gasteiger partial charge in [0.25, 0.3) is 21.8 Å². The molecular weight excluding hydrogens is 960 g/mol. The van der Waals surface area contributed by atoms with E-state index >= 15 is 0 Å². The van der Waals surface area contributed by atoms with Gasteiger partial charge in [-0.15, -0.1) is 0 Å². The third-order valence-corrected chi connectivity index (χ3v) is 14.9. The van der Waals surface area contributed by atoms with E-state index in [0.717, 1.165) is 10.5 Å². The van der Waals surface area contributed by atoms with Crippen molar-refractivity contribution in [2.24, 2.45) is 13.0 Å². The highest BCUT2D eigenvalue weighted by atomic mass is 32.2. The van der Waals surface area contributed by atoms with Crippen LogP contribution in [0.4, 0.5) is 30.4 Å². The molecule has 1 saturated heterocycles. The highest BCUT2D eigenvalue weighted by molar-refractivity contribution is 7.93. The van der Waals surface area contributed by atoms with Crippen LogP contribution in [0.2, 0.25) is 0 Å². The zero-order chi connectivity index (χ0) is 50.7. The van der Waals surface area contributed by atoms with Crippen molar-refractivity contribution in [2.45, 2.75) is 94.3 Å². The molecule has 2 aliphatic heterocycles. The van der Waals surface area contributed by atoms with Crippen molar-refractivity contribution in [2.75, 3.05) is 15.8 Å². The molecule has 6 aromatic rings. The Balaban J connectivity index is 0.780. The van der Waals surface area contributed by atoms with Gasteiger partial charge in [-0.3, -0.25) is 48.3 Å². The van der Waals surface area contributed by atoms with Crippen molar-refractivity contribution in [1.82, 2.24) is 40.1 Å². The number of rotatable bonds is 14. The zero-order valence-corrected chi connectivity index (χ0v) is 39.6. The maximum atomic E-state index is 13.7. The maximum absolute atomic E-state index is 13.7. The average Bonchev–Trinajstić information content (AvgIpc) is 4.04. The number of piperidine rings is 1. The van der Waals surface area contributed by atoms with Crippen LogP contribution in [0.15, 0.2) is 79.3 Å². The molecule has 19 nitrogen and oxygen atoms in total. The largest absolute Gasteiger partial charge is 0.484 e. The van der Waals surface area contributed by atoms with Gasteiger partial charge in [-0.05, 0) is 93.8 Å². The number of carbonyl (C=O) groups is 5. The molecule has 10 rings (SSSR count). The number of alkyl halides is 2. The van der Waals surface area contributed by atoms with Crippen molar-refractivity contribution in [3.8, 4) is 28.1 Å². The van der Waals surface area contributed by atoms with Gasteiger partial charge in [-0.1, -0.05) is 24.3 Å². The number of hydrogen-bond acceptors (Lipinski definition) is 13. The van der Waals surface area contributed by atoms with E-state index in [1.165, 1.54) is 42.5 Å². The van der Waals surface area contributed by atoms with E-state index < -0.39 is 57.4 Å². The number of pyridine rings is 1. The third-order valence-electron chi connectivity index (χ3n) is 13.9. The maximum Gasteiger partial charge on any atom is 0.355 e. The summed E-state index contributed by atoms with van der Waals surface area (Å²) in [5, 5.41) is 18.7. The molecule has 3 fully saturated rings. The Hall–Kier alpha value is -7.82. The fraction of sp³-hybridized carbons (Fsp3) is 0.347. The fourth-order valence-corrected chi connectivity index (χ4v) is 10.7. The summed E-state index contributed by atoms with van der Waals surface area (Å²) in [5.41, 5.74) is 10.4. The minimum Gasteiger partial charge on any atom is -0.484 e. The average molecular weight is 1010 g/mol. The van der Waals surface area contributed by atoms with Crippen molar-refractivity contribution in [1.29, 1.82) is 0 Å². The first-order valence-electron chi connectivity index (χ1n) is 23.4. The van der Waals surface area contributed by atoms with Gasteiger partial charge in [0.1, 0.15) is 35.2 Å². The van der Waals surface area contributed by atoms with Crippen LogP contribution in [0.5, 0.6) is 5.75 Å². The van der Waals surface area contributed by atoms with Crippen molar-refractivity contribution < 1.29 is 50.3 Å². The van der Waals surface area contributed by atoms with Gasteiger partial charge in [0.2, 0.25) is 17.7 Å². The number of aryl methyl sites for hydroxylation is 1. The number of fused-ring (bicyclic) bond motifs is 2. The second kappa shape index (κ2) is 18.7. The molecule has 1 unspecified atom stereocenters. The normalized spacial score (nSPS) is 21.6. The first-order chi connectivity index (χ1) is 34.4. The molecule has 23 heteroatoms. The first kappa shape index (κ1) is 47.8. The van der Waals surface area contributed by atoms with Gasteiger partial charge < -0.3 is 21.1 Å². The molecule has 72 heavy (non-hydrogen) atoms. The number of nitrogen functional groups attached to an aromatic ring is 1. The van der Waals surface area contributed by atoms with Crippen LogP contribution in [-0.2, 0) is 31.5 Å². The number of carbonyl (C=O) groups excluding carboxylic acids is 5. The Morgan fingerprint density at radius 1 is 0.903 bits per heavy atom. The number of nitrogens with zero attached hydrogens (tertiary/aromatic N) is 6. The molecule has 3 aromatic heterocycles. The molecule has 374 valence electrons. The van der Waals surface area contributed by atoms with Crippen LogP contribution < -0.4 is 31.1 Å². The number of ether oxygens (including phenoxy) is 1. The lowest BCUT2D eigenvalue weighted by atomic mass is 9.83. The van der Waals surface area contributed by atoms with Crippen molar-refractivity contribution >= 4 is 67.7 Å². The number of sulfonamides is 1. The summed E-state index contributed by atoms with van der Waals surface area (Å²) in [4.78, 5) is 70.0. The topological polar surface area (TPSA) is 255 Å². The Kier molecular flexibility index (Phi) is 12.4. The van der Waals surface area contributed by atoms with Gasteiger partial charge in [0.15, 0.2) is 0 Å². The highest BCUT2D eigenvalue weighted by Crippen LogP contribution is 2.42. The number of amides is 5. The summed E-state index contributed by atoms with van der Waals surface area (Å²) < 4.78 is 76.7. The number of halogens is 3. The number of aromatic nitrogens is 5. The Labute approximate surface area is 409 Å². The SMILES string of the molecule is C[C@H](Oc1cc(-c2nn(C)c3c(-c4cnn(C5CCC(C(=O)N[C@H]6C[C@H](Nc7cccc8c7C(=O)N(C7CCC(=O)NC7=O)C8=O)C6)CC5)c4)cnc(N)c23)ccc1NS(=O)(=O)C(F)F)c1ccc(F)cc1. The second-order valence-electron chi connectivity index (χ2n) is 18.6. The minimum absolute atomic E-state index is 0.0178. The summed E-state index contributed by atoms with van der Waals surface area (Å²) in [6.45, 7) is 1.64. The zero-order valence-electron chi connectivity index (χ0n) is 38.8. The Bertz CT molecular complexity index is 3300. The van der Waals surface area contributed by atoms with E-state index in [-0.39, 0.29) is 71.2 Å². The third kappa shape index (κ3) is 8.96. The van der Waals surface area contributed by atoms with Crippen LogP contribution in [0, 0.1) is 11.7 Å². The summed E-state index contributed by atoms with van der Waals surface area (Å²) in [5.74, 6) is -6.63. The number of anilines is 3. The molecule has 0 radical (unpaired) electrons. The molecule has 0 bridgehead atoms. The van der Waals surface area contributed by atoms with Crippen LogP contribution in [-0.4, -0.2) is 91.3 Å². The summed E-state index contributed by atoms with van der Waals surface area (Å²) >= 11 is 0. The smallest absolute Gasteiger partial charge is 0.355 e. The van der Waals surface area contributed by atoms with Crippen molar-refractivity contribution in [3.05, 3.63) is 102 Å². The highest BCUT2D eigenvalue weighted by Gasteiger charge is 2.46. The van der Waals surface area contributed by atoms with E-state index in [0.29, 0.717) is 77.5 Å². The van der Waals surface area contributed by atoms with E-state index in [2.05, 4.69) is 20.9 Å². The van der Waals surface area contributed by atoms with Gasteiger partial charge in [-0.2, -0.15) is 19.0 Å². The molecular formula is C49H48F3N11O8S. The standard InChI is InChI=1S/C49H48F3N11O8S/c1-24(25-6-11-29(50)12-7-25)71-38-18-27(10-15-35(38)60-72(69,70)49(51)52)42-41-43(61(2)59-42)34(22-54-44(41)53)28-21-55-62(23-28)32-13-8-26(9-14-32)45(65)57-31-19-30(20-31)56-36-5-3-4-33-40(36)48(68)63(47(33)67)37-16-17-39(64)58-46(37)66/h3-7,10-12,15,18,21-24,26,30-32,37,49,56,60H,8-9,13-14,16-17,19-20H2,1-2H3,(H2,53,54)(H,57,65)(H,58,64,66)/t24-,26?,30-,31-,32?,37?/m0/s1. The molecule has 2 atom stereocenters. The molecule has 6 N–H and O–H groups in total. The lowest BCUT2D eigenvalue weighted by molar-refractivity contribution is -0.136. The quantitative estimate of drug-likeness (QED) is 0.0762. The van der Waals surface area contributed by atoms with Crippen LogP contribution in [0.25, 0.3) is 33.3 Å². The number of imide groups is 2. The molecule has 3 aromatic carbocycles.